The summed E-state index contributed by atoms with van der Waals surface area (Å²) in [5.74, 6) is 0. The van der Waals surface area contributed by atoms with Crippen molar-refractivity contribution in [2.75, 3.05) is 4.90 Å². The minimum Gasteiger partial charge on any atom is -0.310 e. The zero-order valence-corrected chi connectivity index (χ0v) is 29.5. The number of para-hydroxylation sites is 2. The second-order valence-corrected chi connectivity index (χ2v) is 14.2. The maximum atomic E-state index is 2.43. The van der Waals surface area contributed by atoms with E-state index in [9.17, 15) is 0 Å². The van der Waals surface area contributed by atoms with Gasteiger partial charge in [-0.2, -0.15) is 0 Å². The van der Waals surface area contributed by atoms with Crippen LogP contribution in [0.3, 0.4) is 0 Å². The van der Waals surface area contributed by atoms with Crippen LogP contribution in [-0.4, -0.2) is 4.57 Å². The van der Waals surface area contributed by atoms with Gasteiger partial charge in [0, 0.05) is 33.5 Å². The van der Waals surface area contributed by atoms with E-state index in [1.165, 1.54) is 81.7 Å². The molecular weight excluding hydrogens is 653 g/mol. The third kappa shape index (κ3) is 4.81. The van der Waals surface area contributed by atoms with Crippen molar-refractivity contribution < 1.29 is 0 Å². The molecule has 0 saturated heterocycles. The average molecular weight is 687 g/mol. The maximum Gasteiger partial charge on any atom is 0.0547 e. The van der Waals surface area contributed by atoms with Crippen molar-refractivity contribution >= 4 is 82.0 Å². The van der Waals surface area contributed by atoms with E-state index >= 15 is 0 Å². The number of hydrogen-bond donors (Lipinski definition) is 0. The monoisotopic (exact) mass is 686 g/mol. The third-order valence-electron chi connectivity index (χ3n) is 11.1. The second-order valence-electron chi connectivity index (χ2n) is 14.2. The summed E-state index contributed by atoms with van der Waals surface area (Å²) in [6.45, 7) is 0. The molecule has 0 atom stereocenters. The Morgan fingerprint density at radius 2 is 0.815 bits per heavy atom. The van der Waals surface area contributed by atoms with Gasteiger partial charge in [0.25, 0.3) is 0 Å². The lowest BCUT2D eigenvalue weighted by Crippen LogP contribution is -2.10. The van der Waals surface area contributed by atoms with Gasteiger partial charge in [-0.05, 0) is 121 Å². The molecule has 1 heterocycles. The van der Waals surface area contributed by atoms with Crippen molar-refractivity contribution in [1.29, 1.82) is 0 Å². The SMILES string of the molecule is c1ccc(-c2ccc(N(c3ccc4ccccc4c3)c3ccc4c(c3)c3ccccc3c3cc5c(cc43)c3ccccc3n5-c3ccccc3)cc2)cc1. The highest BCUT2D eigenvalue weighted by Gasteiger charge is 2.19. The van der Waals surface area contributed by atoms with Crippen molar-refractivity contribution in [3.05, 3.63) is 206 Å². The fourth-order valence-electron chi connectivity index (χ4n) is 8.59. The van der Waals surface area contributed by atoms with Crippen molar-refractivity contribution in [1.82, 2.24) is 4.57 Å². The van der Waals surface area contributed by atoms with Crippen LogP contribution in [0.4, 0.5) is 17.1 Å². The van der Waals surface area contributed by atoms with Crippen LogP contribution in [0.25, 0.3) is 81.7 Å². The Bertz CT molecular complexity index is 3200. The molecule has 11 aromatic rings. The fraction of sp³-hybridized carbons (Fsp3) is 0. The molecule has 10 aromatic carbocycles. The lowest BCUT2D eigenvalue weighted by molar-refractivity contribution is 1.18. The summed E-state index contributed by atoms with van der Waals surface area (Å²) in [4.78, 5) is 2.40. The molecule has 11 rings (SSSR count). The maximum absolute atomic E-state index is 2.43. The zero-order valence-electron chi connectivity index (χ0n) is 29.5. The smallest absolute Gasteiger partial charge is 0.0547 e. The van der Waals surface area contributed by atoms with Gasteiger partial charge in [0.2, 0.25) is 0 Å². The molecule has 2 heteroatoms. The molecule has 0 bridgehead atoms. The Hall–Kier alpha value is -7.16. The number of aromatic nitrogens is 1. The average Bonchev–Trinajstić information content (AvgIpc) is 3.57. The normalized spacial score (nSPS) is 11.7. The Morgan fingerprint density at radius 1 is 0.278 bits per heavy atom. The highest BCUT2D eigenvalue weighted by Crippen LogP contribution is 2.44. The highest BCUT2D eigenvalue weighted by molar-refractivity contribution is 6.29. The second kappa shape index (κ2) is 12.2. The van der Waals surface area contributed by atoms with Gasteiger partial charge in [0.15, 0.2) is 0 Å². The molecule has 54 heavy (non-hydrogen) atoms. The molecule has 0 spiro atoms. The molecule has 0 aliphatic rings. The van der Waals surface area contributed by atoms with Crippen molar-refractivity contribution in [2.24, 2.45) is 0 Å². The molecular formula is C52H34N2. The minimum atomic E-state index is 1.12. The minimum absolute atomic E-state index is 1.12. The lowest BCUT2D eigenvalue weighted by Gasteiger charge is -2.27. The fourth-order valence-corrected chi connectivity index (χ4v) is 8.59. The molecule has 0 N–H and O–H groups in total. The van der Waals surface area contributed by atoms with E-state index in [0.717, 1.165) is 17.1 Å². The predicted octanol–water partition coefficient (Wildman–Crippen LogP) is 14.5. The van der Waals surface area contributed by atoms with E-state index in [0.29, 0.717) is 0 Å². The van der Waals surface area contributed by atoms with Gasteiger partial charge < -0.3 is 9.47 Å². The zero-order chi connectivity index (χ0) is 35.6. The Labute approximate surface area is 313 Å². The molecule has 2 nitrogen and oxygen atoms in total. The largest absolute Gasteiger partial charge is 0.310 e. The first-order chi connectivity index (χ1) is 26.8. The van der Waals surface area contributed by atoms with Gasteiger partial charge in [-0.1, -0.05) is 140 Å². The van der Waals surface area contributed by atoms with E-state index in [4.69, 9.17) is 0 Å². The molecule has 0 amide bonds. The van der Waals surface area contributed by atoms with Crippen molar-refractivity contribution in [3.8, 4) is 16.8 Å². The number of anilines is 3. The number of hydrogen-bond acceptors (Lipinski definition) is 1. The predicted molar refractivity (Wildman–Crippen MR) is 231 cm³/mol. The highest BCUT2D eigenvalue weighted by atomic mass is 15.1. The molecule has 0 radical (unpaired) electrons. The summed E-state index contributed by atoms with van der Waals surface area (Å²) in [7, 11) is 0. The molecule has 0 aliphatic heterocycles. The topological polar surface area (TPSA) is 8.17 Å². The van der Waals surface area contributed by atoms with Gasteiger partial charge in [0.1, 0.15) is 0 Å². The number of nitrogens with zero attached hydrogens (tertiary/aromatic N) is 2. The number of benzene rings is 10. The quantitative estimate of drug-likeness (QED) is 0.164. The summed E-state index contributed by atoms with van der Waals surface area (Å²) >= 11 is 0. The summed E-state index contributed by atoms with van der Waals surface area (Å²) in [6.07, 6.45) is 0. The molecule has 0 unspecified atom stereocenters. The molecule has 0 saturated carbocycles. The molecule has 1 aromatic heterocycles. The van der Waals surface area contributed by atoms with E-state index in [2.05, 4.69) is 216 Å². The van der Waals surface area contributed by atoms with Crippen LogP contribution >= 0.6 is 0 Å². The molecule has 0 aliphatic carbocycles. The third-order valence-corrected chi connectivity index (χ3v) is 11.1. The van der Waals surface area contributed by atoms with E-state index in [1.807, 2.05) is 0 Å². The van der Waals surface area contributed by atoms with Gasteiger partial charge in [-0.25, -0.2) is 0 Å². The van der Waals surface area contributed by atoms with E-state index < -0.39 is 0 Å². The summed E-state index contributed by atoms with van der Waals surface area (Å²) in [5, 5.41) is 12.5. The van der Waals surface area contributed by atoms with Gasteiger partial charge in [0.05, 0.1) is 11.0 Å². The van der Waals surface area contributed by atoms with E-state index in [1.54, 1.807) is 0 Å². The first-order valence-corrected chi connectivity index (χ1v) is 18.6. The Kier molecular flexibility index (Phi) is 6.90. The van der Waals surface area contributed by atoms with Crippen molar-refractivity contribution in [3.63, 3.8) is 0 Å². The van der Waals surface area contributed by atoms with Gasteiger partial charge >= 0.3 is 0 Å². The van der Waals surface area contributed by atoms with Crippen LogP contribution in [-0.2, 0) is 0 Å². The van der Waals surface area contributed by atoms with Crippen LogP contribution in [0.15, 0.2) is 206 Å². The summed E-state index contributed by atoms with van der Waals surface area (Å²) in [6, 6.07) is 75.3. The van der Waals surface area contributed by atoms with E-state index in [-0.39, 0.29) is 0 Å². The van der Waals surface area contributed by atoms with Gasteiger partial charge in [-0.15, -0.1) is 0 Å². The molecule has 0 fully saturated rings. The lowest BCUT2D eigenvalue weighted by atomic mass is 9.92. The number of fused-ring (bicyclic) bond motifs is 10. The van der Waals surface area contributed by atoms with Crippen LogP contribution in [0.2, 0.25) is 0 Å². The van der Waals surface area contributed by atoms with Gasteiger partial charge in [-0.3, -0.25) is 0 Å². The number of rotatable bonds is 5. The van der Waals surface area contributed by atoms with Crippen LogP contribution < -0.4 is 4.90 Å². The first-order valence-electron chi connectivity index (χ1n) is 18.6. The molecule has 252 valence electrons. The van der Waals surface area contributed by atoms with Crippen LogP contribution in [0.5, 0.6) is 0 Å². The summed E-state index contributed by atoms with van der Waals surface area (Å²) < 4.78 is 2.41. The van der Waals surface area contributed by atoms with Crippen LogP contribution in [0, 0.1) is 0 Å². The first kappa shape index (κ1) is 30.5. The van der Waals surface area contributed by atoms with Crippen LogP contribution in [0.1, 0.15) is 0 Å². The van der Waals surface area contributed by atoms with Crippen molar-refractivity contribution in [2.45, 2.75) is 0 Å². The Balaban J connectivity index is 1.16. The summed E-state index contributed by atoms with van der Waals surface area (Å²) in [5.41, 5.74) is 9.39. The Morgan fingerprint density at radius 3 is 1.59 bits per heavy atom. The standard InChI is InChI=1S/C52H34N2/c1-3-13-35(14-4-1)37-23-26-40(27-24-37)53(41-28-25-36-15-7-8-16-38(36)31-41)42-29-30-45-47(32-42)43-19-9-10-20-44(43)49-34-52-50(33-48(45)49)46-21-11-12-22-51(46)54(52)39-17-5-2-6-18-39/h1-34H.